The standard InChI is InChI=1S/C20H23NO2/c22-20(12-17-9-10-18(13-20)21-17)16-7-4-8-19(11-16)23-14-15-5-2-1-3-6-15/h1-8,11,17-18,21-22H,9-10,12-14H2. The highest BCUT2D eigenvalue weighted by atomic mass is 16.5. The van der Waals surface area contributed by atoms with E-state index in [0.717, 1.165) is 29.7 Å². The van der Waals surface area contributed by atoms with E-state index in [9.17, 15) is 5.11 Å². The molecule has 23 heavy (non-hydrogen) atoms. The summed E-state index contributed by atoms with van der Waals surface area (Å²) in [5.74, 6) is 0.825. The molecule has 2 aromatic rings. The average Bonchev–Trinajstić information content (AvgIpc) is 2.93. The highest BCUT2D eigenvalue weighted by molar-refractivity contribution is 5.34. The van der Waals surface area contributed by atoms with Gasteiger partial charge in [-0.1, -0.05) is 42.5 Å². The molecule has 0 saturated carbocycles. The van der Waals surface area contributed by atoms with E-state index in [4.69, 9.17) is 4.74 Å². The minimum Gasteiger partial charge on any atom is -0.489 e. The lowest BCUT2D eigenvalue weighted by Crippen LogP contribution is -2.46. The van der Waals surface area contributed by atoms with Crippen molar-refractivity contribution < 1.29 is 9.84 Å². The van der Waals surface area contributed by atoms with Crippen LogP contribution in [-0.2, 0) is 12.2 Å². The van der Waals surface area contributed by atoms with E-state index in [1.165, 1.54) is 12.8 Å². The Balaban J connectivity index is 1.50. The van der Waals surface area contributed by atoms with Gasteiger partial charge in [0.1, 0.15) is 12.4 Å². The Hall–Kier alpha value is -1.84. The Morgan fingerprint density at radius 1 is 1.00 bits per heavy atom. The van der Waals surface area contributed by atoms with Crippen molar-refractivity contribution in [2.45, 2.75) is 50.0 Å². The van der Waals surface area contributed by atoms with E-state index in [2.05, 4.69) is 17.4 Å². The fourth-order valence-corrected chi connectivity index (χ4v) is 3.97. The Kier molecular flexibility index (Phi) is 3.83. The lowest BCUT2D eigenvalue weighted by molar-refractivity contribution is -0.0116. The summed E-state index contributed by atoms with van der Waals surface area (Å²) in [6, 6.07) is 19.0. The molecule has 4 rings (SSSR count). The smallest absolute Gasteiger partial charge is 0.120 e. The van der Waals surface area contributed by atoms with Crippen molar-refractivity contribution in [2.24, 2.45) is 0 Å². The number of piperidine rings is 1. The molecule has 0 radical (unpaired) electrons. The summed E-state index contributed by atoms with van der Waals surface area (Å²) in [6.45, 7) is 0.551. The summed E-state index contributed by atoms with van der Waals surface area (Å²) in [7, 11) is 0. The molecule has 2 aromatic carbocycles. The van der Waals surface area contributed by atoms with Crippen LogP contribution in [0.15, 0.2) is 54.6 Å². The van der Waals surface area contributed by atoms with Crippen molar-refractivity contribution in [3.05, 3.63) is 65.7 Å². The Morgan fingerprint density at radius 2 is 1.74 bits per heavy atom. The molecule has 3 nitrogen and oxygen atoms in total. The van der Waals surface area contributed by atoms with Crippen LogP contribution >= 0.6 is 0 Å². The van der Waals surface area contributed by atoms with Gasteiger partial charge in [-0.15, -0.1) is 0 Å². The molecule has 0 aliphatic carbocycles. The molecule has 0 spiro atoms. The predicted molar refractivity (Wildman–Crippen MR) is 90.3 cm³/mol. The second-order valence-corrected chi connectivity index (χ2v) is 6.88. The summed E-state index contributed by atoms with van der Waals surface area (Å²) in [5.41, 5.74) is 1.42. The summed E-state index contributed by atoms with van der Waals surface area (Å²) < 4.78 is 5.91. The van der Waals surface area contributed by atoms with Gasteiger partial charge in [-0.25, -0.2) is 0 Å². The summed E-state index contributed by atoms with van der Waals surface area (Å²) in [5, 5.41) is 14.7. The molecule has 2 bridgehead atoms. The normalized spacial score (nSPS) is 29.4. The lowest BCUT2D eigenvalue weighted by atomic mass is 9.81. The molecule has 2 aliphatic heterocycles. The molecule has 2 fully saturated rings. The number of fused-ring (bicyclic) bond motifs is 2. The van der Waals surface area contributed by atoms with Crippen LogP contribution in [0.25, 0.3) is 0 Å². The molecule has 2 N–H and O–H groups in total. The van der Waals surface area contributed by atoms with Crippen LogP contribution in [0.3, 0.4) is 0 Å². The Bertz CT molecular complexity index is 658. The molecule has 0 aromatic heterocycles. The first kappa shape index (κ1) is 14.7. The van der Waals surface area contributed by atoms with Crippen molar-refractivity contribution in [1.82, 2.24) is 5.32 Å². The number of hydrogen-bond donors (Lipinski definition) is 2. The van der Waals surface area contributed by atoms with Gasteiger partial charge < -0.3 is 15.2 Å². The molecular formula is C20H23NO2. The van der Waals surface area contributed by atoms with Gasteiger partial charge in [0, 0.05) is 12.1 Å². The summed E-state index contributed by atoms with van der Waals surface area (Å²) in [4.78, 5) is 0. The molecule has 2 unspecified atom stereocenters. The number of rotatable bonds is 4. The van der Waals surface area contributed by atoms with Crippen molar-refractivity contribution in [3.63, 3.8) is 0 Å². The summed E-state index contributed by atoms with van der Waals surface area (Å²) >= 11 is 0. The third kappa shape index (κ3) is 3.12. The van der Waals surface area contributed by atoms with Crippen molar-refractivity contribution in [3.8, 4) is 5.75 Å². The van der Waals surface area contributed by atoms with Gasteiger partial charge in [0.05, 0.1) is 5.60 Å². The fourth-order valence-electron chi connectivity index (χ4n) is 3.97. The minimum atomic E-state index is -0.719. The maximum atomic E-state index is 11.1. The molecule has 2 heterocycles. The van der Waals surface area contributed by atoms with E-state index in [1.807, 2.05) is 42.5 Å². The van der Waals surface area contributed by atoms with Crippen LogP contribution in [0.2, 0.25) is 0 Å². The zero-order chi connectivity index (χ0) is 15.7. The van der Waals surface area contributed by atoms with Gasteiger partial charge in [-0.3, -0.25) is 0 Å². The molecular weight excluding hydrogens is 286 g/mol. The second-order valence-electron chi connectivity index (χ2n) is 6.88. The van der Waals surface area contributed by atoms with Crippen molar-refractivity contribution in [1.29, 1.82) is 0 Å². The topological polar surface area (TPSA) is 41.5 Å². The molecule has 2 atom stereocenters. The maximum absolute atomic E-state index is 11.1. The molecule has 3 heteroatoms. The number of benzene rings is 2. The largest absolute Gasteiger partial charge is 0.489 e. The van der Waals surface area contributed by atoms with E-state index in [-0.39, 0.29) is 0 Å². The van der Waals surface area contributed by atoms with Crippen LogP contribution in [-0.4, -0.2) is 17.2 Å². The monoisotopic (exact) mass is 309 g/mol. The zero-order valence-corrected chi connectivity index (χ0v) is 13.2. The first-order valence-electron chi connectivity index (χ1n) is 8.47. The zero-order valence-electron chi connectivity index (χ0n) is 13.2. The number of ether oxygens (including phenoxy) is 1. The number of aliphatic hydroxyl groups is 1. The lowest BCUT2D eigenvalue weighted by Gasteiger charge is -2.37. The SMILES string of the molecule is OC1(c2cccc(OCc3ccccc3)c2)CC2CCC(C1)N2. The Labute approximate surface area is 137 Å². The van der Waals surface area contributed by atoms with E-state index < -0.39 is 5.60 Å². The third-order valence-electron chi connectivity index (χ3n) is 5.12. The quantitative estimate of drug-likeness (QED) is 0.910. The first-order valence-corrected chi connectivity index (χ1v) is 8.47. The number of hydrogen-bond acceptors (Lipinski definition) is 3. The van der Waals surface area contributed by atoms with Crippen LogP contribution in [0.4, 0.5) is 0 Å². The van der Waals surface area contributed by atoms with Crippen molar-refractivity contribution in [2.75, 3.05) is 0 Å². The van der Waals surface area contributed by atoms with Gasteiger partial charge in [-0.05, 0) is 48.9 Å². The van der Waals surface area contributed by atoms with E-state index in [0.29, 0.717) is 18.7 Å². The van der Waals surface area contributed by atoms with Crippen molar-refractivity contribution >= 4 is 0 Å². The Morgan fingerprint density at radius 3 is 2.48 bits per heavy atom. The average molecular weight is 309 g/mol. The molecule has 2 saturated heterocycles. The van der Waals surface area contributed by atoms with Crippen LogP contribution < -0.4 is 10.1 Å². The fraction of sp³-hybridized carbons (Fsp3) is 0.400. The van der Waals surface area contributed by atoms with Crippen LogP contribution in [0.5, 0.6) is 5.75 Å². The first-order chi connectivity index (χ1) is 11.2. The van der Waals surface area contributed by atoms with E-state index >= 15 is 0 Å². The number of nitrogens with one attached hydrogen (secondary N) is 1. The highest BCUT2D eigenvalue weighted by Crippen LogP contribution is 2.41. The van der Waals surface area contributed by atoms with Gasteiger partial charge in [-0.2, -0.15) is 0 Å². The van der Waals surface area contributed by atoms with E-state index in [1.54, 1.807) is 0 Å². The summed E-state index contributed by atoms with van der Waals surface area (Å²) in [6.07, 6.45) is 3.95. The van der Waals surface area contributed by atoms with Crippen LogP contribution in [0, 0.1) is 0 Å². The van der Waals surface area contributed by atoms with Gasteiger partial charge in [0.25, 0.3) is 0 Å². The molecule has 0 amide bonds. The van der Waals surface area contributed by atoms with Crippen LogP contribution in [0.1, 0.15) is 36.8 Å². The maximum Gasteiger partial charge on any atom is 0.120 e. The van der Waals surface area contributed by atoms with Gasteiger partial charge in [0.2, 0.25) is 0 Å². The third-order valence-corrected chi connectivity index (χ3v) is 5.12. The second kappa shape index (κ2) is 5.99. The minimum absolute atomic E-state index is 0.452. The van der Waals surface area contributed by atoms with Gasteiger partial charge in [0.15, 0.2) is 0 Å². The highest BCUT2D eigenvalue weighted by Gasteiger charge is 2.43. The van der Waals surface area contributed by atoms with Gasteiger partial charge >= 0.3 is 0 Å². The predicted octanol–water partition coefficient (Wildman–Crippen LogP) is 3.37. The molecule has 120 valence electrons. The molecule has 2 aliphatic rings.